The first-order valence-electron chi connectivity index (χ1n) is 10.1. The Morgan fingerprint density at radius 3 is 2.75 bits per heavy atom. The summed E-state index contributed by atoms with van der Waals surface area (Å²) in [6.45, 7) is 1.75. The molecule has 0 aromatic carbocycles. The van der Waals surface area contributed by atoms with Crippen molar-refractivity contribution < 1.29 is 34.4 Å². The van der Waals surface area contributed by atoms with Crippen LogP contribution in [0.4, 0.5) is 0 Å². The summed E-state index contributed by atoms with van der Waals surface area (Å²) in [5.74, 6) is -3.80. The highest BCUT2D eigenvalue weighted by molar-refractivity contribution is 6.00. The highest BCUT2D eigenvalue weighted by atomic mass is 16.6. The van der Waals surface area contributed by atoms with E-state index in [-0.39, 0.29) is 43.2 Å². The lowest BCUT2D eigenvalue weighted by molar-refractivity contribution is -0.423. The fourth-order valence-electron chi connectivity index (χ4n) is 7.75. The zero-order valence-electron chi connectivity index (χ0n) is 16.3. The van der Waals surface area contributed by atoms with Crippen LogP contribution in [0.1, 0.15) is 26.2 Å². The van der Waals surface area contributed by atoms with Gasteiger partial charge in [0.05, 0.1) is 30.7 Å². The van der Waals surface area contributed by atoms with Crippen molar-refractivity contribution in [2.45, 2.75) is 38.1 Å². The van der Waals surface area contributed by atoms with Gasteiger partial charge in [-0.3, -0.25) is 9.59 Å². The highest BCUT2D eigenvalue weighted by Crippen LogP contribution is 2.75. The fourth-order valence-corrected chi connectivity index (χ4v) is 7.75. The number of aliphatic hydroxyl groups is 3. The van der Waals surface area contributed by atoms with E-state index in [1.807, 2.05) is 0 Å². The van der Waals surface area contributed by atoms with Gasteiger partial charge in [0, 0.05) is 24.4 Å². The zero-order valence-corrected chi connectivity index (χ0v) is 16.3. The summed E-state index contributed by atoms with van der Waals surface area (Å²) in [4.78, 5) is 27.0. The van der Waals surface area contributed by atoms with Crippen molar-refractivity contribution in [3.63, 3.8) is 0 Å². The molecule has 7 heteroatoms. The van der Waals surface area contributed by atoms with Crippen molar-refractivity contribution >= 4 is 11.6 Å². The Morgan fingerprint density at radius 2 is 2.07 bits per heavy atom. The van der Waals surface area contributed by atoms with Gasteiger partial charge in [-0.1, -0.05) is 13.0 Å². The molecule has 6 rings (SSSR count). The minimum atomic E-state index is -2.05. The van der Waals surface area contributed by atoms with E-state index in [9.17, 15) is 24.9 Å². The summed E-state index contributed by atoms with van der Waals surface area (Å²) < 4.78 is 11.1. The first kappa shape index (κ1) is 18.9. The van der Waals surface area contributed by atoms with Gasteiger partial charge in [0.15, 0.2) is 11.6 Å². The van der Waals surface area contributed by atoms with Crippen LogP contribution in [0, 0.1) is 39.9 Å². The lowest BCUT2D eigenvalue weighted by atomic mass is 9.37. The number of ether oxygens (including phenoxy) is 2. The lowest BCUT2D eigenvalue weighted by Crippen LogP contribution is -2.83. The summed E-state index contributed by atoms with van der Waals surface area (Å²) in [7, 11) is 1.55. The van der Waals surface area contributed by atoms with Crippen LogP contribution in [0.25, 0.3) is 0 Å². The number of fused-ring (bicyclic) bond motifs is 2. The third-order valence-electron chi connectivity index (χ3n) is 8.89. The Morgan fingerprint density at radius 1 is 1.32 bits per heavy atom. The predicted molar refractivity (Wildman–Crippen MR) is 95.8 cm³/mol. The van der Waals surface area contributed by atoms with Crippen molar-refractivity contribution in [2.24, 2.45) is 39.9 Å². The minimum absolute atomic E-state index is 0.0384. The maximum absolute atomic E-state index is 13.7. The van der Waals surface area contributed by atoms with E-state index in [0.29, 0.717) is 12.8 Å². The first-order valence-corrected chi connectivity index (χ1v) is 10.1. The standard InChI is InChI=1S/C21H28O7/c1-18(9-22)6-5-14(23)19-10-28-21(26,17(25)15(18)19)20-7-11(3-4-13(19)20)12(8-27-2)16(20)24/h5-6,11-13,15,17,22,25-26H,3-4,7-10H2,1-2H3/t11-,12-,13+,15-,17+,18+,19-,20+,21-/m1/s1. The topological polar surface area (TPSA) is 113 Å². The zero-order chi connectivity index (χ0) is 20.1. The van der Waals surface area contributed by atoms with Crippen LogP contribution in [0.3, 0.4) is 0 Å². The van der Waals surface area contributed by atoms with Crippen LogP contribution in [0.15, 0.2) is 12.2 Å². The molecule has 2 saturated heterocycles. The molecule has 0 aromatic rings. The predicted octanol–water partition coefficient (Wildman–Crippen LogP) is 0.0678. The molecule has 2 spiro atoms. The number of aliphatic hydroxyl groups excluding tert-OH is 2. The maximum atomic E-state index is 13.7. The van der Waals surface area contributed by atoms with E-state index in [2.05, 4.69) is 0 Å². The molecule has 2 aliphatic heterocycles. The molecule has 4 aliphatic carbocycles. The number of methoxy groups -OCH3 is 1. The van der Waals surface area contributed by atoms with E-state index in [0.717, 1.165) is 6.42 Å². The molecule has 5 fully saturated rings. The molecule has 9 atom stereocenters. The molecule has 6 aliphatic rings. The van der Waals surface area contributed by atoms with Gasteiger partial charge in [0.25, 0.3) is 0 Å². The van der Waals surface area contributed by atoms with Gasteiger partial charge < -0.3 is 24.8 Å². The van der Waals surface area contributed by atoms with E-state index < -0.39 is 40.0 Å². The van der Waals surface area contributed by atoms with E-state index >= 15 is 0 Å². The Kier molecular flexibility index (Phi) is 3.72. The lowest BCUT2D eigenvalue weighted by Gasteiger charge is -2.71. The smallest absolute Gasteiger partial charge is 0.205 e. The molecule has 28 heavy (non-hydrogen) atoms. The summed E-state index contributed by atoms with van der Waals surface area (Å²) in [5.41, 5.74) is -3.29. The van der Waals surface area contributed by atoms with Crippen molar-refractivity contribution in [1.29, 1.82) is 0 Å². The average molecular weight is 392 g/mol. The largest absolute Gasteiger partial charge is 0.395 e. The number of Topliss-reactive ketones (excluding diaryl/α,β-unsaturated/α-hetero) is 1. The molecule has 154 valence electrons. The molecule has 4 bridgehead atoms. The van der Waals surface area contributed by atoms with Crippen molar-refractivity contribution in [3.8, 4) is 0 Å². The number of allylic oxidation sites excluding steroid dienone is 1. The number of carbonyl (C=O) groups is 2. The van der Waals surface area contributed by atoms with Crippen LogP contribution in [-0.2, 0) is 19.1 Å². The Labute approximate surface area is 163 Å². The molecule has 0 aromatic heterocycles. The number of carbonyl (C=O) groups excluding carboxylic acids is 2. The van der Waals surface area contributed by atoms with Gasteiger partial charge >= 0.3 is 0 Å². The van der Waals surface area contributed by atoms with Crippen LogP contribution in [-0.4, -0.2) is 65.7 Å². The van der Waals surface area contributed by atoms with Gasteiger partial charge in [-0.25, -0.2) is 0 Å². The van der Waals surface area contributed by atoms with Crippen LogP contribution >= 0.6 is 0 Å². The Balaban J connectivity index is 1.74. The summed E-state index contributed by atoms with van der Waals surface area (Å²) in [6, 6.07) is 0. The molecular formula is C21H28O7. The Bertz CT molecular complexity index is 779. The monoisotopic (exact) mass is 392 g/mol. The van der Waals surface area contributed by atoms with Gasteiger partial charge in [-0.15, -0.1) is 0 Å². The number of hydrogen-bond acceptors (Lipinski definition) is 7. The van der Waals surface area contributed by atoms with E-state index in [1.54, 1.807) is 20.1 Å². The average Bonchev–Trinajstić information content (AvgIpc) is 2.89. The van der Waals surface area contributed by atoms with Crippen LogP contribution in [0.5, 0.6) is 0 Å². The molecule has 3 N–H and O–H groups in total. The molecule has 2 heterocycles. The minimum Gasteiger partial charge on any atom is -0.395 e. The van der Waals surface area contributed by atoms with E-state index in [4.69, 9.17) is 9.47 Å². The maximum Gasteiger partial charge on any atom is 0.205 e. The number of rotatable bonds is 3. The van der Waals surface area contributed by atoms with Crippen LogP contribution < -0.4 is 0 Å². The third kappa shape index (κ3) is 1.72. The quantitative estimate of drug-likeness (QED) is 0.623. The van der Waals surface area contributed by atoms with Gasteiger partial charge in [-0.05, 0) is 37.2 Å². The molecule has 0 unspecified atom stereocenters. The van der Waals surface area contributed by atoms with Crippen molar-refractivity contribution in [3.05, 3.63) is 12.2 Å². The van der Waals surface area contributed by atoms with Gasteiger partial charge in [0.2, 0.25) is 5.79 Å². The molecule has 0 radical (unpaired) electrons. The summed E-state index contributed by atoms with van der Waals surface area (Å²) in [6.07, 6.45) is 3.48. The summed E-state index contributed by atoms with van der Waals surface area (Å²) in [5, 5.41) is 33.2. The second kappa shape index (κ2) is 5.52. The second-order valence-electron chi connectivity index (χ2n) is 9.80. The van der Waals surface area contributed by atoms with Gasteiger partial charge in [0.1, 0.15) is 6.10 Å². The Hall–Kier alpha value is -1.12. The molecule has 3 saturated carbocycles. The molecular weight excluding hydrogens is 364 g/mol. The van der Waals surface area contributed by atoms with Crippen LogP contribution in [0.2, 0.25) is 0 Å². The normalized spacial score (nSPS) is 56.7. The van der Waals surface area contributed by atoms with E-state index in [1.165, 1.54) is 6.08 Å². The third-order valence-corrected chi connectivity index (χ3v) is 8.89. The molecule has 0 amide bonds. The van der Waals surface area contributed by atoms with Crippen molar-refractivity contribution in [2.75, 3.05) is 26.9 Å². The van der Waals surface area contributed by atoms with Crippen molar-refractivity contribution in [1.82, 2.24) is 0 Å². The highest BCUT2D eigenvalue weighted by Gasteiger charge is 2.85. The fraction of sp³-hybridized carbons (Fsp3) is 0.810. The first-order chi connectivity index (χ1) is 13.2. The second-order valence-corrected chi connectivity index (χ2v) is 9.80. The number of ketones is 2. The van der Waals surface area contributed by atoms with Gasteiger partial charge in [-0.2, -0.15) is 0 Å². The summed E-state index contributed by atoms with van der Waals surface area (Å²) >= 11 is 0. The molecule has 7 nitrogen and oxygen atoms in total. The SMILES string of the molecule is COC[C@H]1C(=O)[C@]23C[C@H]1CC[C@H]2[C@@]12CO[C@]3(O)[C@@H](O)[C@@H]1[C@](C)(CO)C=CC2=O. The number of hydrogen-bond donors (Lipinski definition) is 3.